The first-order valence-electron chi connectivity index (χ1n) is 10.0. The van der Waals surface area contributed by atoms with Gasteiger partial charge in [-0.15, -0.1) is 0 Å². The third-order valence-electron chi connectivity index (χ3n) is 4.99. The smallest absolute Gasteiger partial charge is 0.317 e. The van der Waals surface area contributed by atoms with E-state index in [1.54, 1.807) is 18.2 Å². The largest absolute Gasteiger partial charge is 0.494 e. The number of hydrogen-bond donors (Lipinski definition) is 1. The molecule has 0 aliphatic heterocycles. The summed E-state index contributed by atoms with van der Waals surface area (Å²) in [4.78, 5) is 8.90. The summed E-state index contributed by atoms with van der Waals surface area (Å²) in [6.07, 6.45) is 2.94. The molecule has 0 bridgehead atoms. The van der Waals surface area contributed by atoms with Gasteiger partial charge < -0.3 is 9.47 Å². The first-order valence-corrected chi connectivity index (χ1v) is 11.5. The number of hydrogen-bond acceptors (Lipinski definition) is 6. The predicted molar refractivity (Wildman–Crippen MR) is 111 cm³/mol. The van der Waals surface area contributed by atoms with E-state index in [0.717, 1.165) is 29.8 Å². The van der Waals surface area contributed by atoms with Crippen LogP contribution in [0.5, 0.6) is 11.8 Å². The Kier molecular flexibility index (Phi) is 6.74. The molecule has 1 aromatic heterocycles. The molecular formula is C21H29N3O4S. The monoisotopic (exact) mass is 419 g/mol. The van der Waals surface area contributed by atoms with Gasteiger partial charge >= 0.3 is 6.01 Å². The van der Waals surface area contributed by atoms with Crippen LogP contribution >= 0.6 is 0 Å². The maximum atomic E-state index is 12.8. The summed E-state index contributed by atoms with van der Waals surface area (Å²) in [5.41, 5.74) is 2.56. The van der Waals surface area contributed by atoms with Crippen molar-refractivity contribution >= 4 is 10.0 Å². The van der Waals surface area contributed by atoms with E-state index >= 15 is 0 Å². The molecular weight excluding hydrogens is 390 g/mol. The minimum Gasteiger partial charge on any atom is -0.494 e. The molecule has 1 aliphatic carbocycles. The fourth-order valence-corrected chi connectivity index (χ4v) is 4.98. The van der Waals surface area contributed by atoms with E-state index in [2.05, 4.69) is 14.7 Å². The van der Waals surface area contributed by atoms with Gasteiger partial charge in [-0.3, -0.25) is 0 Å². The molecule has 2 aromatic rings. The molecule has 8 heteroatoms. The second kappa shape index (κ2) is 9.09. The molecule has 1 aliphatic rings. The number of nitrogens with one attached hydrogen (secondary N) is 1. The lowest BCUT2D eigenvalue weighted by molar-refractivity contribution is 0.131. The van der Waals surface area contributed by atoms with Crippen LogP contribution in [0.4, 0.5) is 0 Å². The van der Waals surface area contributed by atoms with E-state index in [4.69, 9.17) is 9.47 Å². The molecule has 0 unspecified atom stereocenters. The van der Waals surface area contributed by atoms with Crippen LogP contribution in [0, 0.1) is 20.8 Å². The first kappa shape index (κ1) is 21.5. The molecule has 0 spiro atoms. The first-order chi connectivity index (χ1) is 13.8. The number of rotatable bonds is 7. The van der Waals surface area contributed by atoms with Gasteiger partial charge in [0.2, 0.25) is 10.0 Å². The Hall–Kier alpha value is -2.19. The van der Waals surface area contributed by atoms with E-state index in [1.807, 2.05) is 33.8 Å². The fraction of sp³-hybridized carbons (Fsp3) is 0.524. The van der Waals surface area contributed by atoms with Gasteiger partial charge in [0, 0.05) is 17.4 Å². The van der Waals surface area contributed by atoms with Gasteiger partial charge in [0.25, 0.3) is 0 Å². The SMILES string of the molecule is CCOc1ccc(S(=O)(=O)NC2CCC(Oc3nc(C)cc(C)n3)CC2)cc1C. The average molecular weight is 420 g/mol. The van der Waals surface area contributed by atoms with Crippen LogP contribution in [0.3, 0.4) is 0 Å². The van der Waals surface area contributed by atoms with Gasteiger partial charge in [0.15, 0.2) is 0 Å². The Morgan fingerprint density at radius 2 is 1.69 bits per heavy atom. The van der Waals surface area contributed by atoms with Crippen molar-refractivity contribution in [2.75, 3.05) is 6.61 Å². The third kappa shape index (κ3) is 5.67. The van der Waals surface area contributed by atoms with Crippen molar-refractivity contribution in [1.29, 1.82) is 0 Å². The summed E-state index contributed by atoms with van der Waals surface area (Å²) in [5, 5.41) is 0. The second-order valence-electron chi connectivity index (χ2n) is 7.51. The average Bonchev–Trinajstić information content (AvgIpc) is 2.64. The van der Waals surface area contributed by atoms with Gasteiger partial charge in [-0.2, -0.15) is 0 Å². The molecule has 3 rings (SSSR count). The highest BCUT2D eigenvalue weighted by molar-refractivity contribution is 7.89. The number of sulfonamides is 1. The quantitative estimate of drug-likeness (QED) is 0.739. The Morgan fingerprint density at radius 1 is 1.03 bits per heavy atom. The van der Waals surface area contributed by atoms with Crippen molar-refractivity contribution < 1.29 is 17.9 Å². The molecule has 1 heterocycles. The fourth-order valence-electron chi connectivity index (χ4n) is 3.59. The number of benzene rings is 1. The molecule has 0 radical (unpaired) electrons. The number of aromatic nitrogens is 2. The van der Waals surface area contributed by atoms with Gasteiger partial charge in [-0.1, -0.05) is 0 Å². The van der Waals surface area contributed by atoms with Crippen molar-refractivity contribution in [2.24, 2.45) is 0 Å². The molecule has 158 valence electrons. The van der Waals surface area contributed by atoms with E-state index in [9.17, 15) is 8.42 Å². The number of aryl methyl sites for hydroxylation is 3. The maximum Gasteiger partial charge on any atom is 0.317 e. The zero-order valence-corrected chi connectivity index (χ0v) is 18.3. The lowest BCUT2D eigenvalue weighted by Crippen LogP contribution is -2.39. The molecule has 29 heavy (non-hydrogen) atoms. The Labute approximate surface area is 172 Å². The van der Waals surface area contributed by atoms with Crippen molar-refractivity contribution in [3.05, 3.63) is 41.2 Å². The Bertz CT molecular complexity index is 934. The zero-order chi connectivity index (χ0) is 21.0. The Morgan fingerprint density at radius 3 is 2.28 bits per heavy atom. The van der Waals surface area contributed by atoms with Crippen molar-refractivity contribution in [3.8, 4) is 11.8 Å². The minimum absolute atomic E-state index is 0.00433. The van der Waals surface area contributed by atoms with Gasteiger partial charge in [0.05, 0.1) is 11.5 Å². The van der Waals surface area contributed by atoms with E-state index in [-0.39, 0.29) is 17.0 Å². The van der Waals surface area contributed by atoms with Crippen LogP contribution in [0.15, 0.2) is 29.2 Å². The van der Waals surface area contributed by atoms with Crippen LogP contribution < -0.4 is 14.2 Å². The van der Waals surface area contributed by atoms with E-state index in [1.165, 1.54) is 0 Å². The normalized spacial score (nSPS) is 19.7. The van der Waals surface area contributed by atoms with Gasteiger partial charge in [-0.05, 0) is 83.2 Å². The van der Waals surface area contributed by atoms with Crippen molar-refractivity contribution in [1.82, 2.24) is 14.7 Å². The molecule has 1 fully saturated rings. The van der Waals surface area contributed by atoms with Crippen molar-refractivity contribution in [3.63, 3.8) is 0 Å². The van der Waals surface area contributed by atoms with E-state index in [0.29, 0.717) is 31.2 Å². The molecule has 0 amide bonds. The summed E-state index contributed by atoms with van der Waals surface area (Å²) in [6, 6.07) is 7.15. The second-order valence-corrected chi connectivity index (χ2v) is 9.22. The molecule has 0 atom stereocenters. The highest BCUT2D eigenvalue weighted by Gasteiger charge is 2.27. The van der Waals surface area contributed by atoms with E-state index < -0.39 is 10.0 Å². The molecule has 0 saturated heterocycles. The summed E-state index contributed by atoms with van der Waals surface area (Å²) in [6.45, 7) is 8.12. The standard InChI is InChI=1S/C21H29N3O4S/c1-5-27-20-11-10-19(12-14(20)2)29(25,26)24-17-6-8-18(9-7-17)28-21-22-15(3)13-16(4)23-21/h10-13,17-18,24H,5-9H2,1-4H3. The summed E-state index contributed by atoms with van der Waals surface area (Å²) in [7, 11) is -3.57. The van der Waals surface area contributed by atoms with Crippen LogP contribution in [-0.2, 0) is 10.0 Å². The van der Waals surface area contributed by atoms with Crippen LogP contribution in [0.25, 0.3) is 0 Å². The molecule has 7 nitrogen and oxygen atoms in total. The molecule has 1 saturated carbocycles. The zero-order valence-electron chi connectivity index (χ0n) is 17.4. The summed E-state index contributed by atoms with van der Waals surface area (Å²) < 4.78 is 39.8. The molecule has 1 aromatic carbocycles. The van der Waals surface area contributed by atoms with Gasteiger partial charge in [-0.25, -0.2) is 23.1 Å². The molecule has 1 N–H and O–H groups in total. The van der Waals surface area contributed by atoms with Crippen LogP contribution in [-0.4, -0.2) is 37.1 Å². The Balaban J connectivity index is 1.57. The topological polar surface area (TPSA) is 90.4 Å². The maximum absolute atomic E-state index is 12.8. The lowest BCUT2D eigenvalue weighted by Gasteiger charge is -2.28. The third-order valence-corrected chi connectivity index (χ3v) is 6.50. The van der Waals surface area contributed by atoms with Crippen LogP contribution in [0.1, 0.15) is 49.6 Å². The number of nitrogens with zero attached hydrogens (tertiary/aromatic N) is 2. The highest BCUT2D eigenvalue weighted by atomic mass is 32.2. The lowest BCUT2D eigenvalue weighted by atomic mass is 9.94. The van der Waals surface area contributed by atoms with Crippen LogP contribution in [0.2, 0.25) is 0 Å². The summed E-state index contributed by atoms with van der Waals surface area (Å²) in [5.74, 6) is 0.706. The van der Waals surface area contributed by atoms with Gasteiger partial charge in [0.1, 0.15) is 11.9 Å². The number of ether oxygens (including phenoxy) is 2. The van der Waals surface area contributed by atoms with Crippen molar-refractivity contribution in [2.45, 2.75) is 70.4 Å². The summed E-state index contributed by atoms with van der Waals surface area (Å²) >= 11 is 0. The highest BCUT2D eigenvalue weighted by Crippen LogP contribution is 2.26. The predicted octanol–water partition coefficient (Wildman–Crippen LogP) is 3.47. The minimum atomic E-state index is -3.57.